The maximum atomic E-state index is 4.59. The lowest BCUT2D eigenvalue weighted by Crippen LogP contribution is -2.13. The molecule has 0 aliphatic heterocycles. The van der Waals surface area contributed by atoms with Crippen molar-refractivity contribution in [2.75, 3.05) is 5.32 Å². The summed E-state index contributed by atoms with van der Waals surface area (Å²) >= 11 is 3.52. The van der Waals surface area contributed by atoms with E-state index in [0.717, 1.165) is 22.7 Å². The van der Waals surface area contributed by atoms with Crippen molar-refractivity contribution >= 4 is 21.9 Å². The molecule has 0 aliphatic carbocycles. The molecule has 1 heterocycles. The van der Waals surface area contributed by atoms with Crippen LogP contribution < -0.4 is 5.32 Å². The van der Waals surface area contributed by atoms with Gasteiger partial charge in [0.2, 0.25) is 5.95 Å². The van der Waals surface area contributed by atoms with Gasteiger partial charge in [-0.2, -0.15) is 0 Å². The van der Waals surface area contributed by atoms with E-state index in [1.165, 1.54) is 5.56 Å². The van der Waals surface area contributed by atoms with Gasteiger partial charge in [-0.25, -0.2) is 4.98 Å². The summed E-state index contributed by atoms with van der Waals surface area (Å²) in [4.78, 5) is 4.59. The lowest BCUT2D eigenvalue weighted by Gasteiger charge is -2.17. The highest BCUT2D eigenvalue weighted by Crippen LogP contribution is 2.22. The van der Waals surface area contributed by atoms with E-state index >= 15 is 0 Å². The number of aromatic nitrogens is 2. The van der Waals surface area contributed by atoms with Crippen LogP contribution in [-0.4, -0.2) is 9.55 Å². The van der Waals surface area contributed by atoms with Crippen LogP contribution in [0.25, 0.3) is 0 Å². The first-order valence-corrected chi connectivity index (χ1v) is 7.80. The summed E-state index contributed by atoms with van der Waals surface area (Å²) in [5.74, 6) is 1.55. The Labute approximate surface area is 129 Å². The monoisotopic (exact) mass is 335 g/mol. The van der Waals surface area contributed by atoms with Gasteiger partial charge in [0.1, 0.15) is 0 Å². The number of imidazole rings is 1. The smallest absolute Gasteiger partial charge is 0.203 e. The quantitative estimate of drug-likeness (QED) is 0.851. The van der Waals surface area contributed by atoms with Gasteiger partial charge in [-0.05, 0) is 37.5 Å². The number of rotatable bonds is 5. The van der Waals surface area contributed by atoms with Gasteiger partial charge in [-0.3, -0.25) is 0 Å². The van der Waals surface area contributed by atoms with Gasteiger partial charge in [0, 0.05) is 17.2 Å². The fraction of sp³-hybridized carbons (Fsp3) is 0.438. The average Bonchev–Trinajstić information content (AvgIpc) is 2.68. The van der Waals surface area contributed by atoms with E-state index in [9.17, 15) is 0 Å². The zero-order valence-corrected chi connectivity index (χ0v) is 14.1. The van der Waals surface area contributed by atoms with Gasteiger partial charge in [0.25, 0.3) is 0 Å². The molecule has 0 radical (unpaired) electrons. The first-order valence-electron chi connectivity index (χ1n) is 7.01. The van der Waals surface area contributed by atoms with Crippen molar-refractivity contribution in [3.63, 3.8) is 0 Å². The van der Waals surface area contributed by atoms with E-state index < -0.39 is 0 Å². The van der Waals surface area contributed by atoms with Crippen molar-refractivity contribution in [3.05, 3.63) is 46.2 Å². The molecule has 0 amide bonds. The topological polar surface area (TPSA) is 29.9 Å². The van der Waals surface area contributed by atoms with Crippen LogP contribution >= 0.6 is 15.9 Å². The van der Waals surface area contributed by atoms with Gasteiger partial charge < -0.3 is 9.88 Å². The van der Waals surface area contributed by atoms with Crippen LogP contribution in [0.1, 0.15) is 38.1 Å². The van der Waals surface area contributed by atoms with E-state index in [4.69, 9.17) is 0 Å². The zero-order chi connectivity index (χ0) is 14.7. The Morgan fingerprint density at radius 2 is 2.05 bits per heavy atom. The first-order chi connectivity index (χ1) is 9.45. The Bertz CT molecular complexity index is 575. The molecule has 0 fully saturated rings. The molecule has 1 unspecified atom stereocenters. The van der Waals surface area contributed by atoms with Gasteiger partial charge in [-0.15, -0.1) is 0 Å². The molecule has 2 rings (SSSR count). The van der Waals surface area contributed by atoms with E-state index in [1.807, 2.05) is 13.0 Å². The first kappa shape index (κ1) is 15.1. The molecule has 0 aliphatic rings. The third kappa shape index (κ3) is 3.85. The van der Waals surface area contributed by atoms with Crippen molar-refractivity contribution in [1.82, 2.24) is 9.55 Å². The molecule has 1 aromatic heterocycles. The molecule has 1 N–H and O–H groups in total. The second kappa shape index (κ2) is 6.44. The van der Waals surface area contributed by atoms with Crippen molar-refractivity contribution in [2.45, 2.75) is 40.3 Å². The third-order valence-corrected chi connectivity index (χ3v) is 3.65. The molecule has 0 bridgehead atoms. The van der Waals surface area contributed by atoms with E-state index in [0.29, 0.717) is 5.92 Å². The number of benzene rings is 1. The van der Waals surface area contributed by atoms with Crippen LogP contribution in [0.4, 0.5) is 5.95 Å². The summed E-state index contributed by atoms with van der Waals surface area (Å²) in [7, 11) is 0. The third-order valence-electron chi connectivity index (χ3n) is 3.15. The Hall–Kier alpha value is -1.29. The molecule has 20 heavy (non-hydrogen) atoms. The molecule has 3 nitrogen and oxygen atoms in total. The summed E-state index contributed by atoms with van der Waals surface area (Å²) in [5.41, 5.74) is 2.30. The minimum absolute atomic E-state index is 0.222. The summed E-state index contributed by atoms with van der Waals surface area (Å²) in [6.07, 6.45) is 2.11. The molecule has 4 heteroatoms. The van der Waals surface area contributed by atoms with Crippen molar-refractivity contribution in [3.8, 4) is 0 Å². The van der Waals surface area contributed by atoms with Crippen LogP contribution in [0, 0.1) is 12.8 Å². The number of nitrogens with zero attached hydrogens (tertiary/aromatic N) is 2. The van der Waals surface area contributed by atoms with Gasteiger partial charge in [-0.1, -0.05) is 41.9 Å². The summed E-state index contributed by atoms with van der Waals surface area (Å²) in [6.45, 7) is 9.61. The van der Waals surface area contributed by atoms with Gasteiger partial charge in [0.15, 0.2) is 0 Å². The van der Waals surface area contributed by atoms with E-state index in [1.54, 1.807) is 0 Å². The van der Waals surface area contributed by atoms with Crippen LogP contribution in [0.3, 0.4) is 0 Å². The van der Waals surface area contributed by atoms with Gasteiger partial charge in [0.05, 0.1) is 11.7 Å². The predicted octanol–water partition coefficient (Wildman–Crippen LogP) is 4.78. The highest BCUT2D eigenvalue weighted by molar-refractivity contribution is 9.10. The molecule has 0 spiro atoms. The predicted molar refractivity (Wildman–Crippen MR) is 88.0 cm³/mol. The normalized spacial score (nSPS) is 12.7. The van der Waals surface area contributed by atoms with Crippen molar-refractivity contribution in [2.24, 2.45) is 5.92 Å². The highest BCUT2D eigenvalue weighted by atomic mass is 79.9. The summed E-state index contributed by atoms with van der Waals surface area (Å²) < 4.78 is 3.31. The summed E-state index contributed by atoms with van der Waals surface area (Å²) in [5, 5.41) is 3.51. The van der Waals surface area contributed by atoms with Crippen molar-refractivity contribution < 1.29 is 0 Å². The lowest BCUT2D eigenvalue weighted by atomic mass is 10.1. The SMILES string of the molecule is Cc1cn(CC(C)C)c(NC(C)c2cccc(Br)c2)n1. The second-order valence-corrected chi connectivity index (χ2v) is 6.59. The molecule has 108 valence electrons. The number of aryl methyl sites for hydroxylation is 1. The fourth-order valence-corrected chi connectivity index (χ4v) is 2.66. The van der Waals surface area contributed by atoms with Crippen LogP contribution in [0.5, 0.6) is 0 Å². The molecule has 0 saturated heterocycles. The molecular weight excluding hydrogens is 314 g/mol. The molecule has 1 atom stereocenters. The molecule has 1 aromatic carbocycles. The Kier molecular flexibility index (Phi) is 4.86. The second-order valence-electron chi connectivity index (χ2n) is 5.67. The van der Waals surface area contributed by atoms with Gasteiger partial charge >= 0.3 is 0 Å². The number of hydrogen-bond donors (Lipinski definition) is 1. The highest BCUT2D eigenvalue weighted by Gasteiger charge is 2.11. The maximum absolute atomic E-state index is 4.59. The number of nitrogens with one attached hydrogen (secondary N) is 1. The molecule has 0 saturated carbocycles. The lowest BCUT2D eigenvalue weighted by molar-refractivity contribution is 0.524. The van der Waals surface area contributed by atoms with E-state index in [2.05, 4.69) is 76.0 Å². The van der Waals surface area contributed by atoms with Crippen LogP contribution in [-0.2, 0) is 6.54 Å². The standard InChI is InChI=1S/C16H22BrN3/c1-11(2)9-20-10-12(3)18-16(20)19-13(4)14-6-5-7-15(17)8-14/h5-8,10-11,13H,9H2,1-4H3,(H,18,19). The average molecular weight is 336 g/mol. The zero-order valence-electron chi connectivity index (χ0n) is 12.5. The Balaban J connectivity index is 2.17. The Morgan fingerprint density at radius 3 is 2.70 bits per heavy atom. The fourth-order valence-electron chi connectivity index (χ4n) is 2.25. The minimum Gasteiger partial charge on any atom is -0.349 e. The molecular formula is C16H22BrN3. The summed E-state index contributed by atoms with van der Waals surface area (Å²) in [6, 6.07) is 8.59. The Morgan fingerprint density at radius 1 is 1.30 bits per heavy atom. The maximum Gasteiger partial charge on any atom is 0.203 e. The van der Waals surface area contributed by atoms with E-state index in [-0.39, 0.29) is 6.04 Å². The van der Waals surface area contributed by atoms with Crippen LogP contribution in [0.15, 0.2) is 34.9 Å². The minimum atomic E-state index is 0.222. The largest absolute Gasteiger partial charge is 0.349 e. The van der Waals surface area contributed by atoms with Crippen LogP contribution in [0.2, 0.25) is 0 Å². The number of halogens is 1. The number of hydrogen-bond acceptors (Lipinski definition) is 2. The van der Waals surface area contributed by atoms with Crippen molar-refractivity contribution in [1.29, 1.82) is 0 Å². The molecule has 2 aromatic rings. The number of anilines is 1.